The highest BCUT2D eigenvalue weighted by Crippen LogP contribution is 2.24. The van der Waals surface area contributed by atoms with Gasteiger partial charge in [-0.15, -0.1) is 0 Å². The van der Waals surface area contributed by atoms with Crippen molar-refractivity contribution in [1.82, 2.24) is 19.6 Å². The number of ether oxygens (including phenoxy) is 1. The molecule has 1 aliphatic rings. The number of hydrogen-bond donors (Lipinski definition) is 3. The number of nitrogens with one attached hydrogen (secondary N) is 3. The summed E-state index contributed by atoms with van der Waals surface area (Å²) in [5.74, 6) is -0.141. The fraction of sp³-hybridized carbons (Fsp3) is 0.407. The van der Waals surface area contributed by atoms with Crippen LogP contribution in [0.15, 0.2) is 59.6 Å². The van der Waals surface area contributed by atoms with E-state index in [1.165, 1.54) is 12.1 Å². The van der Waals surface area contributed by atoms with Gasteiger partial charge >= 0.3 is 0 Å². The van der Waals surface area contributed by atoms with Gasteiger partial charge in [0, 0.05) is 50.2 Å². The Morgan fingerprint density at radius 1 is 1.14 bits per heavy atom. The van der Waals surface area contributed by atoms with Gasteiger partial charge in [0.05, 0.1) is 6.27 Å². The van der Waals surface area contributed by atoms with Crippen LogP contribution in [-0.2, 0) is 10.0 Å². The van der Waals surface area contributed by atoms with Crippen LogP contribution in [0.1, 0.15) is 55.5 Å². The minimum absolute atomic E-state index is 0.0304. The van der Waals surface area contributed by atoms with Gasteiger partial charge in [0.15, 0.2) is 0 Å². The molecule has 1 aromatic heterocycles. The summed E-state index contributed by atoms with van der Waals surface area (Å²) < 4.78 is 129. The summed E-state index contributed by atoms with van der Waals surface area (Å²) in [7, 11) is -4.75. The zero-order valence-electron chi connectivity index (χ0n) is 32.1. The maximum atomic E-state index is 13.2. The van der Waals surface area contributed by atoms with Crippen molar-refractivity contribution in [1.29, 1.82) is 0 Å². The molecule has 4 rings (SSSR count). The first-order valence-corrected chi connectivity index (χ1v) is 13.0. The number of nitrogens with zero attached hydrogens (tertiary/aromatic N) is 3. The Morgan fingerprint density at radius 3 is 2.65 bits per heavy atom. The molecule has 1 fully saturated rings. The number of rotatable bonds is 10. The van der Waals surface area contributed by atoms with E-state index in [-0.39, 0.29) is 24.1 Å². The third-order valence-electron chi connectivity index (χ3n) is 5.22. The summed E-state index contributed by atoms with van der Waals surface area (Å²) in [4.78, 5) is 9.40. The summed E-state index contributed by atoms with van der Waals surface area (Å²) in [6.07, 6.45) is 1.21. The largest absolute Gasteiger partial charge is 0.492 e. The molecular formula is C27H36N6O3S. The molecule has 37 heavy (non-hydrogen) atoms. The van der Waals surface area contributed by atoms with Crippen molar-refractivity contribution in [2.45, 2.75) is 50.8 Å². The smallest absolute Gasteiger partial charge is 0.241 e. The number of hydrogen-bond acceptors (Lipinski definition) is 8. The quantitative estimate of drug-likeness (QED) is 0.338. The Labute approximate surface area is 236 Å². The summed E-state index contributed by atoms with van der Waals surface area (Å²) in [5, 5.41) is 5.57. The monoisotopic (exact) mass is 536 g/mol. The van der Waals surface area contributed by atoms with Crippen molar-refractivity contribution in [2.24, 2.45) is 0 Å². The predicted molar refractivity (Wildman–Crippen MR) is 147 cm³/mol. The zero-order valence-corrected chi connectivity index (χ0v) is 20.9. The summed E-state index contributed by atoms with van der Waals surface area (Å²) >= 11 is 0. The van der Waals surface area contributed by atoms with Crippen LogP contribution >= 0.6 is 0 Å². The second kappa shape index (κ2) is 11.5. The van der Waals surface area contributed by atoms with Crippen LogP contribution in [-0.4, -0.2) is 55.0 Å². The molecule has 3 N–H and O–H groups in total. The van der Waals surface area contributed by atoms with E-state index in [0.29, 0.717) is 24.5 Å². The minimum atomic E-state index is -4.75. The van der Waals surface area contributed by atoms with E-state index in [9.17, 15) is 8.42 Å². The highest BCUT2D eigenvalue weighted by atomic mass is 32.2. The first kappa shape index (κ1) is 15.3. The Bertz CT molecular complexity index is 1730. The van der Waals surface area contributed by atoms with Crippen molar-refractivity contribution >= 4 is 33.2 Å². The van der Waals surface area contributed by atoms with Gasteiger partial charge in [-0.25, -0.2) is 18.1 Å². The number of anilines is 4. The molecule has 0 atom stereocenters. The predicted octanol–water partition coefficient (Wildman–Crippen LogP) is 4.82. The van der Waals surface area contributed by atoms with Gasteiger partial charge in [0.25, 0.3) is 0 Å². The first-order valence-electron chi connectivity index (χ1n) is 17.5. The average Bonchev–Trinajstić information content (AvgIpc) is 3.51. The maximum Gasteiger partial charge on any atom is 0.241 e. The average molecular weight is 537 g/mol. The van der Waals surface area contributed by atoms with Gasteiger partial charge in [-0.1, -0.05) is 6.07 Å². The van der Waals surface area contributed by atoms with Crippen LogP contribution in [0.2, 0.25) is 0 Å². The normalized spacial score (nSPS) is 20.7. The Morgan fingerprint density at radius 2 is 1.92 bits per heavy atom. The molecule has 9 nitrogen and oxygen atoms in total. The topological polar surface area (TPSA) is 108 Å². The number of sulfonamides is 1. The van der Waals surface area contributed by atoms with Gasteiger partial charge in [0.2, 0.25) is 16.0 Å². The van der Waals surface area contributed by atoms with E-state index in [2.05, 4.69) is 20.6 Å². The molecule has 1 aliphatic heterocycles. The van der Waals surface area contributed by atoms with E-state index >= 15 is 0 Å². The molecule has 1 saturated heterocycles. The Hall–Kier alpha value is -3.21. The van der Waals surface area contributed by atoms with Crippen molar-refractivity contribution < 1.29 is 29.6 Å². The fourth-order valence-electron chi connectivity index (χ4n) is 3.55. The molecule has 0 radical (unpaired) electrons. The lowest BCUT2D eigenvalue weighted by atomic mass is 10.1. The zero-order chi connectivity index (χ0) is 36.6. The third-order valence-corrected chi connectivity index (χ3v) is 6.77. The molecular weight excluding hydrogens is 488 g/mol. The van der Waals surface area contributed by atoms with Gasteiger partial charge in [-0.3, -0.25) is 4.90 Å². The van der Waals surface area contributed by atoms with Crippen LogP contribution in [0.3, 0.4) is 0 Å². The van der Waals surface area contributed by atoms with Crippen LogP contribution in [0, 0.1) is 6.85 Å². The van der Waals surface area contributed by atoms with E-state index in [1.807, 2.05) is 0 Å². The second-order valence-corrected chi connectivity index (χ2v) is 10.2. The fourth-order valence-corrected chi connectivity index (χ4v) is 4.74. The van der Waals surface area contributed by atoms with Gasteiger partial charge < -0.3 is 15.4 Å². The number of likely N-dealkylation sites (tertiary alicyclic amines) is 1. The molecule has 0 bridgehead atoms. The van der Waals surface area contributed by atoms with Crippen LogP contribution in [0.5, 0.6) is 5.75 Å². The Balaban J connectivity index is 1.58. The van der Waals surface area contributed by atoms with E-state index < -0.39 is 59.2 Å². The summed E-state index contributed by atoms with van der Waals surface area (Å²) in [6, 6.07) is 11.1. The highest BCUT2D eigenvalue weighted by molar-refractivity contribution is 7.89. The van der Waals surface area contributed by atoms with Crippen LogP contribution < -0.4 is 20.1 Å². The van der Waals surface area contributed by atoms with Gasteiger partial charge in [-0.2, -0.15) is 4.98 Å². The van der Waals surface area contributed by atoms with Crippen LogP contribution in [0.4, 0.5) is 23.1 Å². The molecule has 0 spiro atoms. The number of benzene rings is 2. The molecule has 2 heterocycles. The third kappa shape index (κ3) is 7.88. The lowest BCUT2D eigenvalue weighted by Gasteiger charge is -2.20. The second-order valence-electron chi connectivity index (χ2n) is 8.56. The molecule has 0 amide bonds. The van der Waals surface area contributed by atoms with E-state index in [4.69, 9.17) is 21.2 Å². The molecule has 0 unspecified atom stereocenters. The van der Waals surface area contributed by atoms with Crippen molar-refractivity contribution in [3.05, 3.63) is 60.3 Å². The molecule has 10 heteroatoms. The van der Waals surface area contributed by atoms with Crippen LogP contribution in [0.25, 0.3) is 0 Å². The summed E-state index contributed by atoms with van der Waals surface area (Å²) in [5.41, 5.74) is -3.02. The van der Waals surface area contributed by atoms with Crippen molar-refractivity contribution in [2.75, 3.05) is 36.8 Å². The molecule has 2 aromatic carbocycles. The van der Waals surface area contributed by atoms with Gasteiger partial charge in [0.1, 0.15) is 18.2 Å². The summed E-state index contributed by atoms with van der Waals surface area (Å²) in [6.45, 7) is -9.09. The highest BCUT2D eigenvalue weighted by Gasteiger charge is 2.22. The maximum absolute atomic E-state index is 13.2. The molecule has 198 valence electrons. The molecule has 3 aromatic rings. The first-order chi connectivity index (χ1) is 22.4. The molecule has 0 aliphatic carbocycles. The van der Waals surface area contributed by atoms with Gasteiger partial charge in [-0.05, 0) is 95.9 Å². The lowest BCUT2D eigenvalue weighted by Crippen LogP contribution is -2.40. The number of aromatic nitrogens is 2. The molecule has 0 saturated carbocycles. The van der Waals surface area contributed by atoms with E-state index in [0.717, 1.165) is 31.9 Å². The van der Waals surface area contributed by atoms with E-state index in [1.54, 1.807) is 33.9 Å². The van der Waals surface area contributed by atoms with Crippen molar-refractivity contribution in [3.63, 3.8) is 0 Å². The minimum Gasteiger partial charge on any atom is -0.492 e. The SMILES string of the molecule is [2H]c1nc(Nc2ccc(OCC([2H])([2H])N3CCCC3)cc2)nc(Nc2cccc(S(=O)(=O)NC(C)(C([2H])([2H])[2H])C([2H])([2H])[2H])c2)c1C([2H])([2H])[2H]. The lowest BCUT2D eigenvalue weighted by molar-refractivity contribution is 0.238. The standard InChI is InChI=1S/C27H36N6O3S/c1-20-19-28-26(30-21-10-12-23(13-11-21)36-17-16-33-14-5-6-15-33)31-25(20)29-22-8-7-9-24(18-22)37(34,35)32-27(2,3)4/h7-13,18-19,32H,5-6,14-17H2,1-4H3,(H2,28,29,30,31)/i1D3,2D3,3D3,16D2,19D. The van der Waals surface area contributed by atoms with Crippen molar-refractivity contribution in [3.8, 4) is 5.75 Å². The Kier molecular flexibility index (Phi) is 4.72.